The van der Waals surface area contributed by atoms with Crippen molar-refractivity contribution in [1.29, 1.82) is 0 Å². The number of carbonyl (C=O) groups is 1. The summed E-state index contributed by atoms with van der Waals surface area (Å²) in [5.41, 5.74) is 6.47. The second-order valence-electron chi connectivity index (χ2n) is 6.39. The molecule has 3 nitrogen and oxygen atoms in total. The van der Waals surface area contributed by atoms with Crippen LogP contribution in [0.1, 0.15) is 29.1 Å². The first-order chi connectivity index (χ1) is 10.9. The molecule has 2 aromatic rings. The van der Waals surface area contributed by atoms with Crippen LogP contribution in [0.4, 0.5) is 0 Å². The Hall–Kier alpha value is -1.30. The zero-order chi connectivity index (χ0) is 16.9. The molecule has 0 fully saturated rings. The van der Waals surface area contributed by atoms with Crippen LogP contribution in [0.25, 0.3) is 0 Å². The summed E-state index contributed by atoms with van der Waals surface area (Å²) in [7, 11) is 1.85. The Morgan fingerprint density at radius 1 is 1.26 bits per heavy atom. The van der Waals surface area contributed by atoms with Crippen molar-refractivity contribution < 1.29 is 4.79 Å². The number of hydrogen-bond acceptors (Lipinski definition) is 4. The van der Waals surface area contributed by atoms with Gasteiger partial charge in [0.2, 0.25) is 0 Å². The summed E-state index contributed by atoms with van der Waals surface area (Å²) >= 11 is 3.46. The monoisotopic (exact) mass is 348 g/mol. The minimum atomic E-state index is -0.0799. The molecular weight excluding hydrogens is 324 g/mol. The molecule has 2 N–H and O–H groups in total. The number of thiophene rings is 1. The lowest BCUT2D eigenvalue weighted by Gasteiger charge is -2.29. The molecule has 1 amide bonds. The van der Waals surface area contributed by atoms with Gasteiger partial charge in [0, 0.05) is 29.1 Å². The van der Waals surface area contributed by atoms with E-state index in [1.165, 1.54) is 4.88 Å². The van der Waals surface area contributed by atoms with E-state index < -0.39 is 0 Å². The van der Waals surface area contributed by atoms with Gasteiger partial charge in [-0.25, -0.2) is 0 Å². The molecule has 2 rings (SSSR count). The van der Waals surface area contributed by atoms with Gasteiger partial charge in [-0.3, -0.25) is 4.79 Å². The summed E-state index contributed by atoms with van der Waals surface area (Å²) in [5.74, 6) is 0.945. The van der Waals surface area contributed by atoms with E-state index in [4.69, 9.17) is 5.73 Å². The molecule has 0 saturated heterocycles. The number of rotatable bonds is 7. The molecule has 0 radical (unpaired) electrons. The average Bonchev–Trinajstić information content (AvgIpc) is 3.05. The van der Waals surface area contributed by atoms with Gasteiger partial charge in [-0.15, -0.1) is 23.1 Å². The summed E-state index contributed by atoms with van der Waals surface area (Å²) < 4.78 is 0. The molecule has 0 bridgehead atoms. The van der Waals surface area contributed by atoms with E-state index in [0.717, 1.165) is 16.2 Å². The van der Waals surface area contributed by atoms with Crippen LogP contribution in [0.5, 0.6) is 0 Å². The maximum atomic E-state index is 12.8. The Morgan fingerprint density at radius 3 is 2.65 bits per heavy atom. The number of hydrogen-bond donors (Lipinski definition) is 1. The third-order valence-electron chi connectivity index (χ3n) is 3.63. The van der Waals surface area contributed by atoms with E-state index in [2.05, 4.69) is 31.4 Å². The summed E-state index contributed by atoms with van der Waals surface area (Å²) in [6, 6.07) is 12.0. The van der Waals surface area contributed by atoms with E-state index in [1.807, 2.05) is 31.3 Å². The maximum absolute atomic E-state index is 12.8. The lowest BCUT2D eigenvalue weighted by atomic mass is 9.93. The van der Waals surface area contributed by atoms with Crippen LogP contribution < -0.4 is 5.73 Å². The van der Waals surface area contributed by atoms with Crippen LogP contribution in [-0.2, 0) is 5.75 Å². The number of benzene rings is 1. The van der Waals surface area contributed by atoms with Crippen molar-refractivity contribution in [2.45, 2.75) is 24.5 Å². The van der Waals surface area contributed by atoms with E-state index in [-0.39, 0.29) is 11.3 Å². The van der Waals surface area contributed by atoms with Crippen molar-refractivity contribution in [2.24, 2.45) is 11.1 Å². The fourth-order valence-electron chi connectivity index (χ4n) is 2.30. The smallest absolute Gasteiger partial charge is 0.254 e. The van der Waals surface area contributed by atoms with Crippen molar-refractivity contribution in [3.8, 4) is 0 Å². The van der Waals surface area contributed by atoms with Gasteiger partial charge in [0.25, 0.3) is 5.91 Å². The van der Waals surface area contributed by atoms with Crippen molar-refractivity contribution in [1.82, 2.24) is 4.90 Å². The Morgan fingerprint density at radius 2 is 2.00 bits per heavy atom. The minimum Gasteiger partial charge on any atom is -0.341 e. The molecule has 0 aliphatic carbocycles. The highest BCUT2D eigenvalue weighted by atomic mass is 32.2. The molecule has 5 heteroatoms. The number of thioether (sulfide) groups is 1. The molecule has 1 aromatic heterocycles. The van der Waals surface area contributed by atoms with Crippen molar-refractivity contribution in [3.63, 3.8) is 0 Å². The van der Waals surface area contributed by atoms with Crippen LogP contribution >= 0.6 is 23.1 Å². The molecule has 124 valence electrons. The van der Waals surface area contributed by atoms with Gasteiger partial charge in [-0.1, -0.05) is 32.0 Å². The zero-order valence-electron chi connectivity index (χ0n) is 13.9. The molecule has 0 spiro atoms. The van der Waals surface area contributed by atoms with Gasteiger partial charge in [-0.2, -0.15) is 0 Å². The first kappa shape index (κ1) is 18.0. The largest absolute Gasteiger partial charge is 0.341 e. The second-order valence-corrected chi connectivity index (χ2v) is 8.44. The molecule has 23 heavy (non-hydrogen) atoms. The third-order valence-corrected chi connectivity index (χ3v) is 5.81. The van der Waals surface area contributed by atoms with Crippen LogP contribution in [0.15, 0.2) is 46.7 Å². The lowest BCUT2D eigenvalue weighted by molar-refractivity contribution is 0.0737. The fourth-order valence-corrected chi connectivity index (χ4v) is 4.11. The highest BCUT2D eigenvalue weighted by Crippen LogP contribution is 2.29. The number of nitrogens with zero attached hydrogens (tertiary/aromatic N) is 1. The highest BCUT2D eigenvalue weighted by molar-refractivity contribution is 7.98. The predicted molar refractivity (Wildman–Crippen MR) is 100 cm³/mol. The maximum Gasteiger partial charge on any atom is 0.254 e. The van der Waals surface area contributed by atoms with Gasteiger partial charge < -0.3 is 10.6 Å². The Balaban J connectivity index is 2.10. The molecular formula is C18H24N2OS2. The van der Waals surface area contributed by atoms with E-state index in [9.17, 15) is 4.79 Å². The fraction of sp³-hybridized carbons (Fsp3) is 0.389. The van der Waals surface area contributed by atoms with Crippen LogP contribution in [0.2, 0.25) is 0 Å². The topological polar surface area (TPSA) is 46.3 Å². The van der Waals surface area contributed by atoms with Crippen molar-refractivity contribution in [3.05, 3.63) is 52.2 Å². The predicted octanol–water partition coefficient (Wildman–Crippen LogP) is 4.10. The Kier molecular flexibility index (Phi) is 6.27. The van der Waals surface area contributed by atoms with Gasteiger partial charge in [0.15, 0.2) is 0 Å². The van der Waals surface area contributed by atoms with Crippen LogP contribution in [0, 0.1) is 5.41 Å². The molecule has 0 atom stereocenters. The van der Waals surface area contributed by atoms with Crippen molar-refractivity contribution >= 4 is 29.0 Å². The molecule has 0 aliphatic rings. The quantitative estimate of drug-likeness (QED) is 0.766. The van der Waals surface area contributed by atoms with E-state index in [1.54, 1.807) is 28.0 Å². The first-order valence-electron chi connectivity index (χ1n) is 7.63. The van der Waals surface area contributed by atoms with Gasteiger partial charge in [-0.05, 0) is 35.5 Å². The first-order valence-corrected chi connectivity index (χ1v) is 9.49. The molecule has 1 heterocycles. The van der Waals surface area contributed by atoms with Crippen LogP contribution in [-0.4, -0.2) is 30.9 Å². The molecule has 0 saturated carbocycles. The zero-order valence-corrected chi connectivity index (χ0v) is 15.5. The van der Waals surface area contributed by atoms with Gasteiger partial charge >= 0.3 is 0 Å². The van der Waals surface area contributed by atoms with E-state index >= 15 is 0 Å². The van der Waals surface area contributed by atoms with Gasteiger partial charge in [0.1, 0.15) is 0 Å². The SMILES string of the molecule is CN(CC(C)(C)CN)C(=O)c1ccccc1SCc1cccs1. The van der Waals surface area contributed by atoms with Crippen LogP contribution in [0.3, 0.4) is 0 Å². The molecule has 1 aromatic carbocycles. The highest BCUT2D eigenvalue weighted by Gasteiger charge is 2.23. The summed E-state index contributed by atoms with van der Waals surface area (Å²) in [6.07, 6.45) is 0. The number of amides is 1. The number of carbonyl (C=O) groups excluding carboxylic acids is 1. The van der Waals surface area contributed by atoms with E-state index in [0.29, 0.717) is 13.1 Å². The average molecular weight is 349 g/mol. The number of nitrogens with two attached hydrogens (primary N) is 1. The standard InChI is InChI=1S/C18H24N2OS2/c1-18(2,12-19)13-20(3)17(21)15-8-4-5-9-16(15)23-11-14-7-6-10-22-14/h4-10H,11-13,19H2,1-3H3. The summed E-state index contributed by atoms with van der Waals surface area (Å²) in [5, 5.41) is 2.08. The lowest BCUT2D eigenvalue weighted by Crippen LogP contribution is -2.39. The second kappa shape index (κ2) is 7.99. The molecule has 0 aliphatic heterocycles. The summed E-state index contributed by atoms with van der Waals surface area (Å²) in [6.45, 7) is 5.36. The van der Waals surface area contributed by atoms with Crippen molar-refractivity contribution in [2.75, 3.05) is 20.1 Å². The third kappa shape index (κ3) is 5.09. The summed E-state index contributed by atoms with van der Waals surface area (Å²) in [4.78, 5) is 16.9. The van der Waals surface area contributed by atoms with Gasteiger partial charge in [0.05, 0.1) is 5.56 Å². The Labute approximate surface area is 146 Å². The Bertz CT molecular complexity index is 638. The normalized spacial score (nSPS) is 11.5. The minimum absolute atomic E-state index is 0.0563. The molecule has 0 unspecified atom stereocenters.